The first-order valence-electron chi connectivity index (χ1n) is 6.72. The molecule has 0 bridgehead atoms. The van der Waals surface area contributed by atoms with Gasteiger partial charge < -0.3 is 4.74 Å². The largest absolute Gasteiger partial charge is 0.493 e. The van der Waals surface area contributed by atoms with Gasteiger partial charge in [0.25, 0.3) is 0 Å². The number of halogens is 2. The minimum atomic E-state index is 0.103. The van der Waals surface area contributed by atoms with Crippen LogP contribution in [0.15, 0.2) is 30.3 Å². The molecule has 3 rings (SSSR count). The number of benzene rings is 2. The van der Waals surface area contributed by atoms with Crippen molar-refractivity contribution in [2.24, 2.45) is 0 Å². The zero-order valence-electron chi connectivity index (χ0n) is 11.5. The van der Waals surface area contributed by atoms with Crippen molar-refractivity contribution in [3.05, 3.63) is 63.2 Å². The Balaban J connectivity index is 2.08. The predicted molar refractivity (Wildman–Crippen MR) is 87.3 cm³/mol. The van der Waals surface area contributed by atoms with Crippen molar-refractivity contribution >= 4 is 27.5 Å². The summed E-state index contributed by atoms with van der Waals surface area (Å²) in [5.41, 5.74) is 6.10. The molecule has 104 valence electrons. The Kier molecular flexibility index (Phi) is 3.78. The van der Waals surface area contributed by atoms with Crippen molar-refractivity contribution in [3.8, 4) is 5.75 Å². The van der Waals surface area contributed by atoms with Gasteiger partial charge in [0.1, 0.15) is 5.75 Å². The Labute approximate surface area is 133 Å². The van der Waals surface area contributed by atoms with Crippen molar-refractivity contribution < 1.29 is 4.74 Å². The number of hydrogen-bond acceptors (Lipinski definition) is 1. The van der Waals surface area contributed by atoms with Gasteiger partial charge in [0.2, 0.25) is 0 Å². The van der Waals surface area contributed by atoms with Crippen molar-refractivity contribution in [2.75, 3.05) is 6.61 Å². The third-order valence-electron chi connectivity index (χ3n) is 3.59. The molecule has 0 radical (unpaired) electrons. The Bertz CT molecular complexity index is 646. The molecule has 20 heavy (non-hydrogen) atoms. The number of fused-ring (bicyclic) bond motifs is 1. The molecule has 0 aliphatic carbocycles. The highest BCUT2D eigenvalue weighted by Crippen LogP contribution is 2.42. The van der Waals surface area contributed by atoms with Crippen LogP contribution < -0.4 is 4.74 Å². The second-order valence-corrected chi connectivity index (χ2v) is 6.72. The normalized spacial score (nSPS) is 14.8. The summed E-state index contributed by atoms with van der Waals surface area (Å²) in [6.45, 7) is 4.99. The number of hydrogen-bond donors (Lipinski definition) is 0. The second kappa shape index (κ2) is 5.42. The Morgan fingerprint density at radius 1 is 1.10 bits per heavy atom. The van der Waals surface area contributed by atoms with Gasteiger partial charge in [-0.05, 0) is 37.1 Å². The van der Waals surface area contributed by atoms with E-state index >= 15 is 0 Å². The van der Waals surface area contributed by atoms with Crippen molar-refractivity contribution in [3.63, 3.8) is 0 Å². The molecule has 0 saturated carbocycles. The van der Waals surface area contributed by atoms with Crippen molar-refractivity contribution in [1.29, 1.82) is 0 Å². The van der Waals surface area contributed by atoms with Crippen LogP contribution in [-0.2, 0) is 6.42 Å². The monoisotopic (exact) mass is 350 g/mol. The standard InChI is InChI=1S/C17H16BrClO/c1-10-5-11(2)7-13(6-10)16(18)15-9-14(19)8-12-3-4-20-17(12)15/h5-9,16H,3-4H2,1-2H3. The highest BCUT2D eigenvalue weighted by molar-refractivity contribution is 9.09. The van der Waals surface area contributed by atoms with E-state index in [1.807, 2.05) is 12.1 Å². The van der Waals surface area contributed by atoms with Gasteiger partial charge in [-0.3, -0.25) is 0 Å². The second-order valence-electron chi connectivity index (χ2n) is 5.37. The van der Waals surface area contributed by atoms with Gasteiger partial charge in [0.05, 0.1) is 11.4 Å². The molecule has 0 spiro atoms. The maximum Gasteiger partial charge on any atom is 0.127 e. The fourth-order valence-corrected chi connectivity index (χ4v) is 3.68. The third kappa shape index (κ3) is 2.59. The van der Waals surface area contributed by atoms with Gasteiger partial charge in [0, 0.05) is 17.0 Å². The van der Waals surface area contributed by atoms with Gasteiger partial charge >= 0.3 is 0 Å². The van der Waals surface area contributed by atoms with Gasteiger partial charge in [-0.25, -0.2) is 0 Å². The van der Waals surface area contributed by atoms with Gasteiger partial charge in [0.15, 0.2) is 0 Å². The first-order valence-corrected chi connectivity index (χ1v) is 8.01. The highest BCUT2D eigenvalue weighted by atomic mass is 79.9. The summed E-state index contributed by atoms with van der Waals surface area (Å²) in [4.78, 5) is 0.103. The average Bonchev–Trinajstić information content (AvgIpc) is 2.83. The van der Waals surface area contributed by atoms with E-state index in [-0.39, 0.29) is 4.83 Å². The number of aryl methyl sites for hydroxylation is 2. The van der Waals surface area contributed by atoms with E-state index in [9.17, 15) is 0 Å². The van der Waals surface area contributed by atoms with Crippen molar-refractivity contribution in [2.45, 2.75) is 25.1 Å². The lowest BCUT2D eigenvalue weighted by atomic mass is 9.98. The van der Waals surface area contributed by atoms with E-state index in [4.69, 9.17) is 16.3 Å². The lowest BCUT2D eigenvalue weighted by molar-refractivity contribution is 0.354. The molecule has 1 aliphatic rings. The summed E-state index contributed by atoms with van der Waals surface area (Å²) in [7, 11) is 0. The molecule has 3 heteroatoms. The van der Waals surface area contributed by atoms with Gasteiger partial charge in [-0.2, -0.15) is 0 Å². The summed E-state index contributed by atoms with van der Waals surface area (Å²) in [5, 5.41) is 0.776. The maximum absolute atomic E-state index is 6.25. The number of ether oxygens (including phenoxy) is 1. The summed E-state index contributed by atoms with van der Waals surface area (Å²) in [6, 6.07) is 10.6. The molecular weight excluding hydrogens is 336 g/mol. The molecule has 1 aliphatic heterocycles. The van der Waals surface area contributed by atoms with E-state index < -0.39 is 0 Å². The third-order valence-corrected chi connectivity index (χ3v) is 4.83. The molecule has 1 nitrogen and oxygen atoms in total. The first-order chi connectivity index (χ1) is 9.54. The fraction of sp³-hybridized carbons (Fsp3) is 0.294. The van der Waals surface area contributed by atoms with E-state index in [0.29, 0.717) is 0 Å². The zero-order chi connectivity index (χ0) is 14.3. The number of rotatable bonds is 2. The fourth-order valence-electron chi connectivity index (χ4n) is 2.82. The molecule has 0 aromatic heterocycles. The van der Waals surface area contributed by atoms with Crippen LogP contribution in [0.3, 0.4) is 0 Å². The van der Waals surface area contributed by atoms with Crippen LogP contribution in [0, 0.1) is 13.8 Å². The van der Waals surface area contributed by atoms with Crippen LogP contribution in [0.1, 0.15) is 32.6 Å². The molecule has 2 aromatic carbocycles. The molecule has 1 atom stereocenters. The minimum absolute atomic E-state index is 0.103. The summed E-state index contributed by atoms with van der Waals surface area (Å²) in [6.07, 6.45) is 0.940. The summed E-state index contributed by atoms with van der Waals surface area (Å²) < 4.78 is 5.80. The Morgan fingerprint density at radius 3 is 2.50 bits per heavy atom. The quantitative estimate of drug-likeness (QED) is 0.660. The zero-order valence-corrected chi connectivity index (χ0v) is 13.9. The topological polar surface area (TPSA) is 9.23 Å². The SMILES string of the molecule is Cc1cc(C)cc(C(Br)c2cc(Cl)cc3c2OCC3)c1. The molecule has 1 unspecified atom stereocenters. The molecular formula is C17H16BrClO. The molecule has 0 saturated heterocycles. The van der Waals surface area contributed by atoms with Crippen LogP contribution in [0.5, 0.6) is 5.75 Å². The van der Waals surface area contributed by atoms with Crippen LogP contribution in [0.4, 0.5) is 0 Å². The van der Waals surface area contributed by atoms with Crippen LogP contribution in [0.2, 0.25) is 5.02 Å². The van der Waals surface area contributed by atoms with Crippen LogP contribution in [-0.4, -0.2) is 6.61 Å². The van der Waals surface area contributed by atoms with Crippen LogP contribution >= 0.6 is 27.5 Å². The van der Waals surface area contributed by atoms with E-state index in [2.05, 4.69) is 48.0 Å². The smallest absolute Gasteiger partial charge is 0.127 e. The summed E-state index contributed by atoms with van der Waals surface area (Å²) in [5.74, 6) is 0.996. The highest BCUT2D eigenvalue weighted by Gasteiger charge is 2.23. The predicted octanol–water partition coefficient (Wildman–Crippen LogP) is 5.38. The first kappa shape index (κ1) is 14.0. The molecule has 0 N–H and O–H groups in total. The Morgan fingerprint density at radius 2 is 1.80 bits per heavy atom. The molecule has 0 amide bonds. The van der Waals surface area contributed by atoms with Crippen molar-refractivity contribution in [1.82, 2.24) is 0 Å². The van der Waals surface area contributed by atoms with E-state index in [1.165, 1.54) is 22.3 Å². The average molecular weight is 352 g/mol. The van der Waals surface area contributed by atoms with Gasteiger partial charge in [-0.15, -0.1) is 0 Å². The van der Waals surface area contributed by atoms with E-state index in [1.54, 1.807) is 0 Å². The van der Waals surface area contributed by atoms with Gasteiger partial charge in [-0.1, -0.05) is 56.9 Å². The van der Waals surface area contributed by atoms with E-state index in [0.717, 1.165) is 29.4 Å². The maximum atomic E-state index is 6.25. The lowest BCUT2D eigenvalue weighted by Gasteiger charge is -2.16. The molecule has 0 fully saturated rings. The lowest BCUT2D eigenvalue weighted by Crippen LogP contribution is -1.98. The molecule has 1 heterocycles. The minimum Gasteiger partial charge on any atom is -0.493 e. The summed E-state index contributed by atoms with van der Waals surface area (Å²) >= 11 is 10.1. The number of alkyl halides is 1. The molecule has 2 aromatic rings. The van der Waals surface area contributed by atoms with Crippen LogP contribution in [0.25, 0.3) is 0 Å². The Hall–Kier alpha value is -0.990.